The van der Waals surface area contributed by atoms with E-state index in [1.165, 1.54) is 23.1 Å². The quantitative estimate of drug-likeness (QED) is 0.751. The number of hydrogen-bond acceptors (Lipinski definition) is 3. The molecule has 5 nitrogen and oxygen atoms in total. The first-order chi connectivity index (χ1) is 14.1. The summed E-state index contributed by atoms with van der Waals surface area (Å²) in [4.78, 5) is 27.3. The Morgan fingerprint density at radius 2 is 2.00 bits per heavy atom. The van der Waals surface area contributed by atoms with Gasteiger partial charge < -0.3 is 10.1 Å². The van der Waals surface area contributed by atoms with Gasteiger partial charge in [-0.25, -0.2) is 4.39 Å². The van der Waals surface area contributed by atoms with Crippen LogP contribution in [0.4, 0.5) is 10.1 Å². The van der Waals surface area contributed by atoms with E-state index in [0.29, 0.717) is 23.4 Å². The molecule has 30 heavy (non-hydrogen) atoms. The van der Waals surface area contributed by atoms with Crippen molar-refractivity contribution < 1.29 is 18.7 Å². The summed E-state index contributed by atoms with van der Waals surface area (Å²) in [7, 11) is 0. The van der Waals surface area contributed by atoms with Gasteiger partial charge in [-0.05, 0) is 47.2 Å². The molecule has 7 heteroatoms. The monoisotopic (exact) mass is 432 g/mol. The maximum Gasteiger partial charge on any atom is 0.265 e. The topological polar surface area (TPSA) is 58.6 Å². The molecule has 0 saturated carbocycles. The Hall–Kier alpha value is -2.60. The minimum absolute atomic E-state index is 0.116. The molecule has 160 valence electrons. The van der Waals surface area contributed by atoms with Gasteiger partial charge in [-0.2, -0.15) is 0 Å². The van der Waals surface area contributed by atoms with Crippen molar-refractivity contribution in [1.29, 1.82) is 0 Å². The van der Waals surface area contributed by atoms with Crippen molar-refractivity contribution in [3.63, 3.8) is 0 Å². The number of anilines is 1. The maximum absolute atomic E-state index is 13.2. The van der Waals surface area contributed by atoms with E-state index in [0.717, 1.165) is 5.56 Å². The Kier molecular flexibility index (Phi) is 6.36. The van der Waals surface area contributed by atoms with Crippen molar-refractivity contribution >= 4 is 29.1 Å². The van der Waals surface area contributed by atoms with Crippen molar-refractivity contribution in [3.05, 3.63) is 58.4 Å². The highest BCUT2D eigenvalue weighted by molar-refractivity contribution is 6.31. The maximum atomic E-state index is 13.2. The van der Waals surface area contributed by atoms with E-state index in [1.54, 1.807) is 0 Å². The van der Waals surface area contributed by atoms with Crippen molar-refractivity contribution in [2.24, 2.45) is 0 Å². The molecule has 0 radical (unpaired) electrons. The SMILES string of the molecule is CCC(C(=O)NCc1ccc(F)cc1Cl)N1C(=O)COc2ccc(C(C)(C)C)cc21. The lowest BCUT2D eigenvalue weighted by Crippen LogP contribution is -2.52. The predicted molar refractivity (Wildman–Crippen MR) is 115 cm³/mol. The molecule has 0 fully saturated rings. The van der Waals surface area contributed by atoms with Gasteiger partial charge in [-0.3, -0.25) is 14.5 Å². The lowest BCUT2D eigenvalue weighted by molar-refractivity contribution is -0.128. The molecule has 1 N–H and O–H groups in total. The van der Waals surface area contributed by atoms with Crippen LogP contribution in [-0.4, -0.2) is 24.5 Å². The number of fused-ring (bicyclic) bond motifs is 1. The third kappa shape index (κ3) is 4.59. The average Bonchev–Trinajstić information content (AvgIpc) is 2.68. The van der Waals surface area contributed by atoms with E-state index in [9.17, 15) is 14.0 Å². The van der Waals surface area contributed by atoms with Crippen LogP contribution in [-0.2, 0) is 21.5 Å². The highest BCUT2D eigenvalue weighted by Crippen LogP contribution is 2.37. The summed E-state index contributed by atoms with van der Waals surface area (Å²) in [6.07, 6.45) is 0.425. The van der Waals surface area contributed by atoms with Crippen LogP contribution in [0.3, 0.4) is 0 Å². The largest absolute Gasteiger partial charge is 0.482 e. The number of rotatable bonds is 5. The average molecular weight is 433 g/mol. The second kappa shape index (κ2) is 8.64. The summed E-state index contributed by atoms with van der Waals surface area (Å²) in [6, 6.07) is 9.07. The van der Waals surface area contributed by atoms with Gasteiger partial charge >= 0.3 is 0 Å². The highest BCUT2D eigenvalue weighted by atomic mass is 35.5. The lowest BCUT2D eigenvalue weighted by atomic mass is 9.86. The number of amides is 2. The fraction of sp³-hybridized carbons (Fsp3) is 0.391. The Labute approximate surface area is 181 Å². The Balaban J connectivity index is 1.86. The minimum Gasteiger partial charge on any atom is -0.482 e. The van der Waals surface area contributed by atoms with Crippen LogP contribution in [0.1, 0.15) is 45.2 Å². The van der Waals surface area contributed by atoms with Gasteiger partial charge in [0.05, 0.1) is 5.69 Å². The van der Waals surface area contributed by atoms with Crippen LogP contribution in [0.5, 0.6) is 5.75 Å². The summed E-state index contributed by atoms with van der Waals surface area (Å²) in [6.45, 7) is 8.13. The van der Waals surface area contributed by atoms with Crippen LogP contribution in [0.2, 0.25) is 5.02 Å². The molecule has 2 amide bonds. The molecule has 1 atom stereocenters. The van der Waals surface area contributed by atoms with Gasteiger partial charge in [0.2, 0.25) is 5.91 Å². The van der Waals surface area contributed by atoms with E-state index in [2.05, 4.69) is 26.1 Å². The molecule has 2 aromatic carbocycles. The molecule has 0 aromatic heterocycles. The fourth-order valence-corrected chi connectivity index (χ4v) is 3.66. The molecule has 0 spiro atoms. The fourth-order valence-electron chi connectivity index (χ4n) is 3.43. The molecule has 1 aliphatic heterocycles. The third-order valence-corrected chi connectivity index (χ3v) is 5.53. The normalized spacial score (nSPS) is 14.7. The zero-order chi connectivity index (χ0) is 22.1. The van der Waals surface area contributed by atoms with E-state index in [4.69, 9.17) is 16.3 Å². The predicted octanol–water partition coefficient (Wildman–Crippen LogP) is 4.60. The standard InChI is InChI=1S/C23H26ClFN2O3/c1-5-18(22(29)26-12-14-6-8-16(25)11-17(14)24)27-19-10-15(23(2,3)4)7-9-20(19)30-13-21(27)28/h6-11,18H,5,12-13H2,1-4H3,(H,26,29). The lowest BCUT2D eigenvalue weighted by Gasteiger charge is -2.35. The first kappa shape index (κ1) is 22.1. The van der Waals surface area contributed by atoms with Crippen molar-refractivity contribution in [3.8, 4) is 5.75 Å². The van der Waals surface area contributed by atoms with Gasteiger partial charge in [0.15, 0.2) is 6.61 Å². The number of halogens is 2. The van der Waals surface area contributed by atoms with Gasteiger partial charge in [-0.1, -0.05) is 51.4 Å². The smallest absolute Gasteiger partial charge is 0.265 e. The Morgan fingerprint density at radius 1 is 1.27 bits per heavy atom. The molecule has 2 aromatic rings. The molecule has 1 unspecified atom stereocenters. The molecule has 0 bridgehead atoms. The minimum atomic E-state index is -0.699. The molecular formula is C23H26ClFN2O3. The Bertz CT molecular complexity index is 971. The summed E-state index contributed by atoms with van der Waals surface area (Å²) >= 11 is 6.05. The van der Waals surface area contributed by atoms with Crippen LogP contribution in [0.15, 0.2) is 36.4 Å². The van der Waals surface area contributed by atoms with Crippen LogP contribution < -0.4 is 15.0 Å². The number of nitrogens with zero attached hydrogens (tertiary/aromatic N) is 1. The summed E-state index contributed by atoms with van der Waals surface area (Å²) < 4.78 is 18.8. The first-order valence-corrected chi connectivity index (χ1v) is 10.3. The number of carbonyl (C=O) groups excluding carboxylic acids is 2. The van der Waals surface area contributed by atoms with Crippen LogP contribution >= 0.6 is 11.6 Å². The van der Waals surface area contributed by atoms with Gasteiger partial charge in [0.1, 0.15) is 17.6 Å². The Morgan fingerprint density at radius 3 is 2.63 bits per heavy atom. The van der Waals surface area contributed by atoms with Gasteiger partial charge in [0, 0.05) is 11.6 Å². The summed E-state index contributed by atoms with van der Waals surface area (Å²) in [5.41, 5.74) is 2.12. The number of carbonyl (C=O) groups is 2. The van der Waals surface area contributed by atoms with Gasteiger partial charge in [-0.15, -0.1) is 0 Å². The molecule has 0 aliphatic carbocycles. The highest BCUT2D eigenvalue weighted by Gasteiger charge is 2.35. The van der Waals surface area contributed by atoms with E-state index >= 15 is 0 Å². The van der Waals surface area contributed by atoms with Crippen LogP contribution in [0.25, 0.3) is 0 Å². The second-order valence-electron chi connectivity index (χ2n) is 8.36. The van der Waals surface area contributed by atoms with Crippen molar-refractivity contribution in [1.82, 2.24) is 5.32 Å². The molecule has 1 aliphatic rings. The van der Waals surface area contributed by atoms with Crippen LogP contribution in [0, 0.1) is 5.82 Å². The zero-order valence-electron chi connectivity index (χ0n) is 17.6. The molecular weight excluding hydrogens is 407 g/mol. The third-order valence-electron chi connectivity index (χ3n) is 5.17. The van der Waals surface area contributed by atoms with E-state index in [1.807, 2.05) is 25.1 Å². The van der Waals surface area contributed by atoms with E-state index in [-0.39, 0.29) is 35.4 Å². The summed E-state index contributed by atoms with van der Waals surface area (Å²) in [5, 5.41) is 3.06. The second-order valence-corrected chi connectivity index (χ2v) is 8.77. The molecule has 0 saturated heterocycles. The summed E-state index contributed by atoms with van der Waals surface area (Å²) in [5.74, 6) is -0.433. The molecule has 1 heterocycles. The molecule has 3 rings (SSSR count). The number of nitrogens with one attached hydrogen (secondary N) is 1. The van der Waals surface area contributed by atoms with E-state index < -0.39 is 11.9 Å². The first-order valence-electron chi connectivity index (χ1n) is 9.93. The van der Waals surface area contributed by atoms with Crippen molar-refractivity contribution in [2.75, 3.05) is 11.5 Å². The van der Waals surface area contributed by atoms with Gasteiger partial charge in [0.25, 0.3) is 5.91 Å². The number of benzene rings is 2. The number of ether oxygens (including phenoxy) is 1. The zero-order valence-corrected chi connectivity index (χ0v) is 18.3. The number of hydrogen-bond donors (Lipinski definition) is 1. The van der Waals surface area contributed by atoms with Crippen molar-refractivity contribution in [2.45, 2.75) is 52.1 Å².